The molecule has 34 heavy (non-hydrogen) atoms. The summed E-state index contributed by atoms with van der Waals surface area (Å²) in [7, 11) is -3.92. The van der Waals surface area contributed by atoms with E-state index in [1.165, 1.54) is 12.3 Å². The molecule has 2 heterocycles. The van der Waals surface area contributed by atoms with Crippen LogP contribution >= 0.6 is 0 Å². The Hall–Kier alpha value is -2.95. The first-order chi connectivity index (χ1) is 16.1. The number of nitrogens with one attached hydrogen (secondary N) is 2. The molecule has 1 amide bonds. The number of benzene rings is 2. The first-order valence-electron chi connectivity index (χ1n) is 11.4. The van der Waals surface area contributed by atoms with Gasteiger partial charge in [-0.25, -0.2) is 8.42 Å². The monoisotopic (exact) mass is 485 g/mol. The van der Waals surface area contributed by atoms with Gasteiger partial charge in [-0.05, 0) is 61.6 Å². The summed E-state index contributed by atoms with van der Waals surface area (Å²) in [5.74, 6) is 0.264. The molecule has 0 bridgehead atoms. The number of sulfonamides is 1. The largest absolute Gasteiger partial charge is 0.390 e. The van der Waals surface area contributed by atoms with Crippen LogP contribution in [0.25, 0.3) is 0 Å². The number of piperidine rings is 1. The maximum absolute atomic E-state index is 13.0. The smallest absolute Gasteiger partial charge is 0.264 e. The molecule has 0 aromatic heterocycles. The molecule has 1 fully saturated rings. The Bertz CT molecular complexity index is 1190. The lowest BCUT2D eigenvalue weighted by Gasteiger charge is -2.39. The number of carbonyl (C=O) groups is 1. The maximum Gasteiger partial charge on any atom is 0.264 e. The standard InChI is InChI=1S/C24H31N5O4S/c1-16(2)14-24(31)10-12-29(13-11-24)23(30)17-6-8-18(9-7-17)28-34(32,33)20-5-3-4-19-22(20)26-15-21(25)27-19/h3-9,15-16,21,27-28,31H,10-14,25H2,1-2H3. The fraction of sp³-hybridized carbons (Fsp3) is 0.417. The summed E-state index contributed by atoms with van der Waals surface area (Å²) in [5.41, 5.74) is 6.72. The van der Waals surface area contributed by atoms with Crippen molar-refractivity contribution in [2.75, 3.05) is 23.1 Å². The number of rotatable bonds is 6. The number of para-hydroxylation sites is 1. The molecule has 2 aliphatic heterocycles. The highest BCUT2D eigenvalue weighted by molar-refractivity contribution is 7.92. The second-order valence-corrected chi connectivity index (χ2v) is 11.0. The number of hydrogen-bond donors (Lipinski definition) is 4. The van der Waals surface area contributed by atoms with Crippen LogP contribution < -0.4 is 15.8 Å². The van der Waals surface area contributed by atoms with Gasteiger partial charge in [-0.3, -0.25) is 14.5 Å². The molecular weight excluding hydrogens is 454 g/mol. The SMILES string of the molecule is CC(C)CC1(O)CCN(C(=O)c2ccc(NS(=O)(=O)c3cccc4c3N=CC(N)N4)cc2)CC1. The molecule has 10 heteroatoms. The molecule has 1 atom stereocenters. The molecule has 0 aliphatic carbocycles. The van der Waals surface area contributed by atoms with Crippen molar-refractivity contribution in [3.8, 4) is 0 Å². The van der Waals surface area contributed by atoms with E-state index in [4.69, 9.17) is 5.73 Å². The summed E-state index contributed by atoms with van der Waals surface area (Å²) >= 11 is 0. The summed E-state index contributed by atoms with van der Waals surface area (Å²) in [6.45, 7) is 5.15. The summed E-state index contributed by atoms with van der Waals surface area (Å²) in [4.78, 5) is 18.9. The van der Waals surface area contributed by atoms with Crippen molar-refractivity contribution in [3.63, 3.8) is 0 Å². The van der Waals surface area contributed by atoms with Gasteiger partial charge in [0.2, 0.25) is 0 Å². The lowest BCUT2D eigenvalue weighted by Crippen LogP contribution is -2.47. The average Bonchev–Trinajstić information content (AvgIpc) is 2.78. The lowest BCUT2D eigenvalue weighted by atomic mass is 9.84. The van der Waals surface area contributed by atoms with Gasteiger partial charge in [-0.15, -0.1) is 0 Å². The Kier molecular flexibility index (Phi) is 6.66. The van der Waals surface area contributed by atoms with Crippen LogP contribution in [0.2, 0.25) is 0 Å². The van der Waals surface area contributed by atoms with Crippen LogP contribution in [0, 0.1) is 5.92 Å². The fourth-order valence-electron chi connectivity index (χ4n) is 4.52. The van der Waals surface area contributed by atoms with Crippen LogP contribution in [0.5, 0.6) is 0 Å². The van der Waals surface area contributed by atoms with Crippen LogP contribution in [-0.4, -0.2) is 55.4 Å². The number of amides is 1. The van der Waals surface area contributed by atoms with Gasteiger partial charge in [0, 0.05) is 30.6 Å². The van der Waals surface area contributed by atoms with Gasteiger partial charge in [-0.2, -0.15) is 0 Å². The number of aliphatic imine (C=N–C) groups is 1. The van der Waals surface area contributed by atoms with E-state index in [1.54, 1.807) is 41.3 Å². The second kappa shape index (κ2) is 9.36. The van der Waals surface area contributed by atoms with Gasteiger partial charge < -0.3 is 21.1 Å². The maximum atomic E-state index is 13.0. The zero-order valence-electron chi connectivity index (χ0n) is 19.4. The lowest BCUT2D eigenvalue weighted by molar-refractivity contribution is -0.0311. The second-order valence-electron chi connectivity index (χ2n) is 9.40. The van der Waals surface area contributed by atoms with Gasteiger partial charge in [0.25, 0.3) is 15.9 Å². The van der Waals surface area contributed by atoms with Crippen LogP contribution in [0.1, 0.15) is 43.5 Å². The highest BCUT2D eigenvalue weighted by Crippen LogP contribution is 2.35. The average molecular weight is 486 g/mol. The summed E-state index contributed by atoms with van der Waals surface area (Å²) in [5, 5.41) is 13.7. The quantitative estimate of drug-likeness (QED) is 0.497. The minimum Gasteiger partial charge on any atom is -0.390 e. The Morgan fingerprint density at radius 2 is 1.91 bits per heavy atom. The molecule has 2 aromatic carbocycles. The Balaban J connectivity index is 1.44. The fourth-order valence-corrected chi connectivity index (χ4v) is 5.76. The van der Waals surface area contributed by atoms with E-state index in [1.807, 2.05) is 0 Å². The number of carbonyl (C=O) groups excluding carboxylic acids is 1. The molecule has 4 rings (SSSR count). The van der Waals surface area contributed by atoms with E-state index in [0.717, 1.165) is 6.42 Å². The van der Waals surface area contributed by atoms with Gasteiger partial charge in [-0.1, -0.05) is 19.9 Å². The van der Waals surface area contributed by atoms with Crippen molar-refractivity contribution in [1.29, 1.82) is 0 Å². The summed E-state index contributed by atoms with van der Waals surface area (Å²) in [6, 6.07) is 11.2. The van der Waals surface area contributed by atoms with Crippen molar-refractivity contribution in [2.45, 2.75) is 49.8 Å². The van der Waals surface area contributed by atoms with Crippen LogP contribution in [-0.2, 0) is 10.0 Å². The van der Waals surface area contributed by atoms with Gasteiger partial charge in [0.05, 0.1) is 11.3 Å². The van der Waals surface area contributed by atoms with E-state index >= 15 is 0 Å². The first-order valence-corrected chi connectivity index (χ1v) is 12.9. The van der Waals surface area contributed by atoms with Crippen molar-refractivity contribution in [3.05, 3.63) is 48.0 Å². The molecule has 0 radical (unpaired) electrons. The molecule has 182 valence electrons. The van der Waals surface area contributed by atoms with Crippen LogP contribution in [0.4, 0.5) is 17.1 Å². The highest BCUT2D eigenvalue weighted by atomic mass is 32.2. The Labute approximate surface area is 200 Å². The number of aliphatic hydroxyl groups is 1. The zero-order valence-corrected chi connectivity index (χ0v) is 20.2. The Morgan fingerprint density at radius 3 is 2.56 bits per heavy atom. The predicted molar refractivity (Wildman–Crippen MR) is 133 cm³/mol. The molecule has 1 saturated heterocycles. The number of nitrogens with zero attached hydrogens (tertiary/aromatic N) is 2. The van der Waals surface area contributed by atoms with Crippen LogP contribution in [0.15, 0.2) is 52.4 Å². The van der Waals surface area contributed by atoms with E-state index in [-0.39, 0.29) is 10.8 Å². The number of fused-ring (bicyclic) bond motifs is 1. The zero-order chi connectivity index (χ0) is 24.5. The normalized spacial score (nSPS) is 19.4. The van der Waals surface area contributed by atoms with E-state index in [2.05, 4.69) is 28.9 Å². The summed E-state index contributed by atoms with van der Waals surface area (Å²) in [6.07, 6.45) is 2.80. The minimum absolute atomic E-state index is 0.0306. The molecule has 0 saturated carbocycles. The van der Waals surface area contributed by atoms with E-state index in [0.29, 0.717) is 54.5 Å². The first kappa shape index (κ1) is 24.2. The molecule has 2 aliphatic rings. The number of nitrogens with two attached hydrogens (primary N) is 1. The van der Waals surface area contributed by atoms with Crippen molar-refractivity contribution >= 4 is 39.2 Å². The topological polar surface area (TPSA) is 137 Å². The summed E-state index contributed by atoms with van der Waals surface area (Å²) < 4.78 is 28.6. The minimum atomic E-state index is -3.92. The number of likely N-dealkylation sites (tertiary alicyclic amines) is 1. The van der Waals surface area contributed by atoms with Crippen molar-refractivity contribution in [1.82, 2.24) is 4.90 Å². The highest BCUT2D eigenvalue weighted by Gasteiger charge is 2.34. The van der Waals surface area contributed by atoms with E-state index < -0.39 is 21.8 Å². The number of hydrogen-bond acceptors (Lipinski definition) is 7. The molecular formula is C24H31N5O4S. The molecule has 5 N–H and O–H groups in total. The molecule has 9 nitrogen and oxygen atoms in total. The van der Waals surface area contributed by atoms with Crippen LogP contribution in [0.3, 0.4) is 0 Å². The van der Waals surface area contributed by atoms with Gasteiger partial charge in [0.1, 0.15) is 16.7 Å². The molecule has 0 spiro atoms. The molecule has 1 unspecified atom stereocenters. The van der Waals surface area contributed by atoms with Gasteiger partial charge >= 0.3 is 0 Å². The Morgan fingerprint density at radius 1 is 1.24 bits per heavy atom. The van der Waals surface area contributed by atoms with Gasteiger partial charge in [0.15, 0.2) is 0 Å². The third-order valence-corrected chi connectivity index (χ3v) is 7.54. The third-order valence-electron chi connectivity index (χ3n) is 6.13. The molecule has 2 aromatic rings. The van der Waals surface area contributed by atoms with Crippen molar-refractivity contribution in [2.24, 2.45) is 16.6 Å². The predicted octanol–water partition coefficient (Wildman–Crippen LogP) is 2.91. The van der Waals surface area contributed by atoms with Crippen molar-refractivity contribution < 1.29 is 18.3 Å². The van der Waals surface area contributed by atoms with E-state index in [9.17, 15) is 18.3 Å². The number of anilines is 2. The third kappa shape index (κ3) is 5.24.